The maximum atomic E-state index is 2.20. The van der Waals surface area contributed by atoms with Crippen LogP contribution < -0.4 is 0 Å². The van der Waals surface area contributed by atoms with Crippen LogP contribution in [-0.4, -0.2) is 19.0 Å². The van der Waals surface area contributed by atoms with Crippen molar-refractivity contribution in [3.63, 3.8) is 0 Å². The molecule has 0 saturated carbocycles. The van der Waals surface area contributed by atoms with Gasteiger partial charge in [0.05, 0.1) is 0 Å². The summed E-state index contributed by atoms with van der Waals surface area (Å²) in [6.45, 7) is 4.25. The number of aryl methyl sites for hydroxylation is 1. The van der Waals surface area contributed by atoms with E-state index in [2.05, 4.69) is 49.2 Å². The first kappa shape index (κ1) is 9.85. The summed E-state index contributed by atoms with van der Waals surface area (Å²) in [7, 11) is 4.08. The lowest BCUT2D eigenvalue weighted by atomic mass is 10.1. The molecule has 0 atom stereocenters. The summed E-state index contributed by atoms with van der Waals surface area (Å²) in [5.41, 5.74) is 3.91. The van der Waals surface area contributed by atoms with Crippen LogP contribution in [-0.2, 0) is 0 Å². The Kier molecular flexibility index (Phi) is 3.13. The Morgan fingerprint density at radius 2 is 2.00 bits per heavy atom. The Hall–Kier alpha value is -1.24. The summed E-state index contributed by atoms with van der Waals surface area (Å²) in [6.07, 6.45) is 2.13. The third kappa shape index (κ3) is 2.94. The maximum Gasteiger partial charge on any atom is 0.00557 e. The number of rotatable bonds is 2. The van der Waals surface area contributed by atoms with Gasteiger partial charge in [0.1, 0.15) is 0 Å². The molecule has 0 aliphatic carbocycles. The van der Waals surface area contributed by atoms with Crippen LogP contribution in [0.2, 0.25) is 0 Å². The van der Waals surface area contributed by atoms with Gasteiger partial charge in [-0.05, 0) is 25.0 Å². The average Bonchev–Trinajstić information content (AvgIpc) is 2.03. The van der Waals surface area contributed by atoms with Crippen molar-refractivity contribution in [2.24, 2.45) is 0 Å². The van der Waals surface area contributed by atoms with Gasteiger partial charge in [0.2, 0.25) is 0 Å². The van der Waals surface area contributed by atoms with Crippen molar-refractivity contribution >= 4 is 5.57 Å². The number of allylic oxidation sites excluding steroid dienone is 1. The van der Waals surface area contributed by atoms with E-state index in [-0.39, 0.29) is 0 Å². The van der Waals surface area contributed by atoms with Gasteiger partial charge in [-0.3, -0.25) is 0 Å². The quantitative estimate of drug-likeness (QED) is 0.668. The highest BCUT2D eigenvalue weighted by molar-refractivity contribution is 5.63. The standard InChI is InChI=1S/C12H17N/c1-10-6-5-7-12(8-10)11(2)9-13(3)4/h5-9H,1-4H3/b11-9-. The minimum absolute atomic E-state index is 1.30. The smallest absolute Gasteiger partial charge is 0.00557 e. The molecule has 0 fully saturated rings. The van der Waals surface area contributed by atoms with E-state index in [4.69, 9.17) is 0 Å². The molecule has 1 aromatic rings. The van der Waals surface area contributed by atoms with Crippen LogP contribution in [0.3, 0.4) is 0 Å². The molecule has 1 aromatic carbocycles. The van der Waals surface area contributed by atoms with Crippen molar-refractivity contribution in [1.82, 2.24) is 4.90 Å². The van der Waals surface area contributed by atoms with E-state index in [1.54, 1.807) is 0 Å². The molecule has 70 valence electrons. The van der Waals surface area contributed by atoms with Gasteiger partial charge in [-0.2, -0.15) is 0 Å². The zero-order valence-electron chi connectivity index (χ0n) is 8.83. The van der Waals surface area contributed by atoms with E-state index in [9.17, 15) is 0 Å². The Morgan fingerprint density at radius 3 is 2.54 bits per heavy atom. The molecule has 0 bridgehead atoms. The highest BCUT2D eigenvalue weighted by atomic mass is 15.0. The molecule has 13 heavy (non-hydrogen) atoms. The topological polar surface area (TPSA) is 3.24 Å². The second kappa shape index (κ2) is 4.13. The monoisotopic (exact) mass is 175 g/mol. The highest BCUT2D eigenvalue weighted by Gasteiger charge is 1.95. The molecule has 0 heterocycles. The first-order chi connectivity index (χ1) is 6.09. The predicted molar refractivity (Wildman–Crippen MR) is 58.5 cm³/mol. The van der Waals surface area contributed by atoms with Crippen LogP contribution in [0.1, 0.15) is 18.1 Å². The first-order valence-corrected chi connectivity index (χ1v) is 4.51. The predicted octanol–water partition coefficient (Wildman–Crippen LogP) is 2.92. The van der Waals surface area contributed by atoms with Crippen molar-refractivity contribution in [3.05, 3.63) is 41.6 Å². The van der Waals surface area contributed by atoms with Crippen molar-refractivity contribution < 1.29 is 0 Å². The van der Waals surface area contributed by atoms with Crippen molar-refractivity contribution in [2.75, 3.05) is 14.1 Å². The molecule has 0 amide bonds. The van der Waals surface area contributed by atoms with Crippen LogP contribution in [0.5, 0.6) is 0 Å². The molecule has 0 aromatic heterocycles. The van der Waals surface area contributed by atoms with E-state index >= 15 is 0 Å². The van der Waals surface area contributed by atoms with Gasteiger partial charge < -0.3 is 4.90 Å². The minimum atomic E-state index is 1.30. The molecule has 0 radical (unpaired) electrons. The lowest BCUT2D eigenvalue weighted by Crippen LogP contribution is -2.01. The molecule has 0 N–H and O–H groups in total. The Bertz CT molecular complexity index is 311. The van der Waals surface area contributed by atoms with Crippen molar-refractivity contribution in [3.8, 4) is 0 Å². The van der Waals surface area contributed by atoms with E-state index in [1.165, 1.54) is 16.7 Å². The summed E-state index contributed by atoms with van der Waals surface area (Å²) in [5, 5.41) is 0. The van der Waals surface area contributed by atoms with Gasteiger partial charge in [0, 0.05) is 20.3 Å². The fraction of sp³-hybridized carbons (Fsp3) is 0.333. The molecule has 1 rings (SSSR count). The minimum Gasteiger partial charge on any atom is -0.383 e. The van der Waals surface area contributed by atoms with E-state index in [0.29, 0.717) is 0 Å². The summed E-state index contributed by atoms with van der Waals surface area (Å²) < 4.78 is 0. The molecule has 0 saturated heterocycles. The fourth-order valence-electron chi connectivity index (χ4n) is 1.35. The van der Waals surface area contributed by atoms with E-state index < -0.39 is 0 Å². The molecular formula is C12H17N. The summed E-state index contributed by atoms with van der Waals surface area (Å²) in [6, 6.07) is 8.56. The SMILES string of the molecule is C/C(=C/N(C)C)c1cccc(C)c1. The average molecular weight is 175 g/mol. The molecule has 0 spiro atoms. The summed E-state index contributed by atoms with van der Waals surface area (Å²) in [5.74, 6) is 0. The zero-order valence-corrected chi connectivity index (χ0v) is 8.83. The Balaban J connectivity index is 2.95. The third-order valence-electron chi connectivity index (χ3n) is 1.93. The summed E-state index contributed by atoms with van der Waals surface area (Å²) in [4.78, 5) is 2.07. The Labute approximate surface area is 80.7 Å². The fourth-order valence-corrected chi connectivity index (χ4v) is 1.35. The number of nitrogens with zero attached hydrogens (tertiary/aromatic N) is 1. The van der Waals surface area contributed by atoms with Crippen LogP contribution in [0.15, 0.2) is 30.5 Å². The van der Waals surface area contributed by atoms with Crippen molar-refractivity contribution in [1.29, 1.82) is 0 Å². The molecule has 0 aliphatic heterocycles. The maximum absolute atomic E-state index is 2.20. The van der Waals surface area contributed by atoms with Crippen LogP contribution in [0, 0.1) is 6.92 Å². The van der Waals surface area contributed by atoms with Gasteiger partial charge in [0.25, 0.3) is 0 Å². The van der Waals surface area contributed by atoms with Crippen LogP contribution in [0.25, 0.3) is 5.57 Å². The molecule has 1 heteroatoms. The van der Waals surface area contributed by atoms with Gasteiger partial charge in [-0.15, -0.1) is 0 Å². The third-order valence-corrected chi connectivity index (χ3v) is 1.93. The lowest BCUT2D eigenvalue weighted by Gasteiger charge is -2.08. The Morgan fingerprint density at radius 1 is 1.31 bits per heavy atom. The largest absolute Gasteiger partial charge is 0.383 e. The second-order valence-corrected chi connectivity index (χ2v) is 3.65. The van der Waals surface area contributed by atoms with Gasteiger partial charge in [0.15, 0.2) is 0 Å². The molecule has 1 nitrogen and oxygen atoms in total. The van der Waals surface area contributed by atoms with Crippen LogP contribution in [0.4, 0.5) is 0 Å². The second-order valence-electron chi connectivity index (χ2n) is 3.65. The summed E-state index contributed by atoms with van der Waals surface area (Å²) >= 11 is 0. The highest BCUT2D eigenvalue weighted by Crippen LogP contribution is 2.14. The molecular weight excluding hydrogens is 158 g/mol. The normalized spacial score (nSPS) is 11.5. The van der Waals surface area contributed by atoms with Gasteiger partial charge >= 0.3 is 0 Å². The molecule has 0 aliphatic rings. The number of benzene rings is 1. The van der Waals surface area contributed by atoms with Crippen molar-refractivity contribution in [2.45, 2.75) is 13.8 Å². The van der Waals surface area contributed by atoms with E-state index in [1.807, 2.05) is 14.1 Å². The lowest BCUT2D eigenvalue weighted by molar-refractivity contribution is 0.565. The van der Waals surface area contributed by atoms with Crippen LogP contribution >= 0.6 is 0 Å². The number of hydrogen-bond acceptors (Lipinski definition) is 1. The molecule has 0 unspecified atom stereocenters. The zero-order chi connectivity index (χ0) is 9.84. The van der Waals surface area contributed by atoms with Gasteiger partial charge in [-0.25, -0.2) is 0 Å². The number of hydrogen-bond donors (Lipinski definition) is 0. The van der Waals surface area contributed by atoms with Gasteiger partial charge in [-0.1, -0.05) is 29.8 Å². The van der Waals surface area contributed by atoms with E-state index in [0.717, 1.165) is 0 Å². The first-order valence-electron chi connectivity index (χ1n) is 4.51.